The van der Waals surface area contributed by atoms with E-state index in [4.69, 9.17) is 4.74 Å². The molecule has 160 valence electrons. The monoisotopic (exact) mass is 400 g/mol. The first-order chi connectivity index (χ1) is 13.6. The minimum atomic E-state index is -0.647. The van der Waals surface area contributed by atoms with Gasteiger partial charge in [0.2, 0.25) is 0 Å². The van der Waals surface area contributed by atoms with Crippen molar-refractivity contribution in [2.45, 2.75) is 85.7 Å². The molecule has 0 saturated carbocycles. The Morgan fingerprint density at radius 3 is 2.52 bits per heavy atom. The molecule has 4 nitrogen and oxygen atoms in total. The summed E-state index contributed by atoms with van der Waals surface area (Å²) < 4.78 is 4.83. The molecule has 1 heterocycles. The highest BCUT2D eigenvalue weighted by atomic mass is 16.5. The summed E-state index contributed by atoms with van der Waals surface area (Å²) in [5, 5.41) is 10.1. The first-order valence-corrected chi connectivity index (χ1v) is 10.7. The molecule has 0 aromatic rings. The maximum atomic E-state index is 12.3. The minimum absolute atomic E-state index is 0.202. The van der Waals surface area contributed by atoms with E-state index >= 15 is 0 Å². The van der Waals surface area contributed by atoms with Gasteiger partial charge in [0.15, 0.2) is 0 Å². The van der Waals surface area contributed by atoms with Crippen LogP contribution in [0.25, 0.3) is 0 Å². The van der Waals surface area contributed by atoms with E-state index < -0.39 is 6.10 Å². The van der Waals surface area contributed by atoms with Gasteiger partial charge in [0, 0.05) is 23.5 Å². The fourth-order valence-corrected chi connectivity index (χ4v) is 4.11. The minimum Gasteiger partial charge on any atom is -0.458 e. The molecule has 2 aliphatic rings. The molecule has 1 atom stereocenters. The molecule has 0 bridgehead atoms. The van der Waals surface area contributed by atoms with Gasteiger partial charge in [-0.2, -0.15) is 0 Å². The summed E-state index contributed by atoms with van der Waals surface area (Å²) in [6, 6.07) is 0. The molecule has 0 aromatic heterocycles. The lowest BCUT2D eigenvalue weighted by Crippen LogP contribution is -2.30. The number of aliphatic hydroxyl groups is 1. The van der Waals surface area contributed by atoms with Crippen molar-refractivity contribution in [3.63, 3.8) is 0 Å². The van der Waals surface area contributed by atoms with Crippen molar-refractivity contribution in [2.75, 3.05) is 6.61 Å². The van der Waals surface area contributed by atoms with Gasteiger partial charge in [-0.3, -0.25) is 4.79 Å². The highest BCUT2D eigenvalue weighted by molar-refractivity contribution is 5.88. The maximum Gasteiger partial charge on any atom is 0.331 e. The summed E-state index contributed by atoms with van der Waals surface area (Å²) in [5.74, 6) is -0.000667. The zero-order valence-electron chi connectivity index (χ0n) is 18.6. The van der Waals surface area contributed by atoms with Gasteiger partial charge in [-0.15, -0.1) is 0 Å². The fourth-order valence-electron chi connectivity index (χ4n) is 4.11. The lowest BCUT2D eigenvalue weighted by molar-refractivity contribution is -0.135. The average molecular weight is 401 g/mol. The highest BCUT2D eigenvalue weighted by Gasteiger charge is 2.35. The molecule has 1 N–H and O–H groups in total. The Morgan fingerprint density at radius 1 is 1.17 bits per heavy atom. The van der Waals surface area contributed by atoms with Crippen molar-refractivity contribution in [1.29, 1.82) is 0 Å². The number of cyclic esters (lactones) is 1. The zero-order chi connectivity index (χ0) is 21.6. The lowest BCUT2D eigenvalue weighted by atomic mass is 9.70. The summed E-state index contributed by atoms with van der Waals surface area (Å²) in [5.41, 5.74) is 5.66. The van der Waals surface area contributed by atoms with Crippen molar-refractivity contribution in [1.82, 2.24) is 0 Å². The fraction of sp³-hybridized carbons (Fsp3) is 0.600. The highest BCUT2D eigenvalue weighted by Crippen LogP contribution is 2.40. The van der Waals surface area contributed by atoms with Crippen LogP contribution in [0.5, 0.6) is 0 Å². The van der Waals surface area contributed by atoms with Crippen molar-refractivity contribution >= 4 is 11.8 Å². The number of allylic oxidation sites excluding steroid dienone is 5. The molecule has 0 spiro atoms. The second kappa shape index (κ2) is 10.2. The summed E-state index contributed by atoms with van der Waals surface area (Å²) >= 11 is 0. The van der Waals surface area contributed by atoms with Crippen LogP contribution in [-0.2, 0) is 14.3 Å². The number of carbonyl (C=O) groups is 2. The van der Waals surface area contributed by atoms with Gasteiger partial charge in [-0.05, 0) is 73.1 Å². The van der Waals surface area contributed by atoms with E-state index in [9.17, 15) is 14.7 Å². The molecule has 1 aliphatic carbocycles. The second-order valence-electron chi connectivity index (χ2n) is 9.03. The third kappa shape index (κ3) is 6.53. The molecule has 0 aromatic carbocycles. The largest absolute Gasteiger partial charge is 0.458 e. The number of Topliss-reactive ketones (excluding diaryl/α,β-unsaturated/α-hetero) is 1. The van der Waals surface area contributed by atoms with Crippen LogP contribution in [-0.4, -0.2) is 29.6 Å². The van der Waals surface area contributed by atoms with E-state index in [1.807, 2.05) is 6.08 Å². The van der Waals surface area contributed by atoms with E-state index in [1.54, 1.807) is 0 Å². The normalized spacial score (nSPS) is 21.4. The molecule has 0 saturated heterocycles. The molecular formula is C25H36O4. The number of esters is 1. The Morgan fingerprint density at radius 2 is 1.86 bits per heavy atom. The third-order valence-electron chi connectivity index (χ3n) is 6.30. The Kier molecular flexibility index (Phi) is 8.21. The number of ketones is 1. The lowest BCUT2D eigenvalue weighted by Gasteiger charge is -2.33. The van der Waals surface area contributed by atoms with Crippen molar-refractivity contribution in [3.05, 3.63) is 46.1 Å². The van der Waals surface area contributed by atoms with Gasteiger partial charge in [0.1, 0.15) is 12.4 Å². The number of rotatable bonds is 9. The van der Waals surface area contributed by atoms with Crippen LogP contribution in [0.4, 0.5) is 0 Å². The summed E-state index contributed by atoms with van der Waals surface area (Å²) in [6.45, 7) is 10.8. The predicted octanol–water partition coefficient (Wildman–Crippen LogP) is 5.38. The van der Waals surface area contributed by atoms with E-state index in [-0.39, 0.29) is 18.0 Å². The van der Waals surface area contributed by atoms with Crippen LogP contribution in [0.2, 0.25) is 0 Å². The molecule has 29 heavy (non-hydrogen) atoms. The number of hydrogen-bond acceptors (Lipinski definition) is 4. The van der Waals surface area contributed by atoms with Crippen LogP contribution >= 0.6 is 0 Å². The van der Waals surface area contributed by atoms with Crippen LogP contribution in [0.1, 0.15) is 79.6 Å². The smallest absolute Gasteiger partial charge is 0.331 e. The molecule has 0 unspecified atom stereocenters. The van der Waals surface area contributed by atoms with E-state index in [2.05, 4.69) is 40.7 Å². The summed E-state index contributed by atoms with van der Waals surface area (Å²) in [6.07, 6.45) is 11.0. The van der Waals surface area contributed by atoms with Crippen LogP contribution in [0.15, 0.2) is 46.1 Å². The van der Waals surface area contributed by atoms with Crippen molar-refractivity contribution in [2.24, 2.45) is 5.41 Å². The average Bonchev–Trinajstić information content (AvgIpc) is 3.09. The topological polar surface area (TPSA) is 63.6 Å². The molecule has 2 rings (SSSR count). The second-order valence-corrected chi connectivity index (χ2v) is 9.03. The SMILES string of the molecule is CC(=CC[C@@H](O)C1=CC(=O)OC1)CCC=C(C)CCC1=C(C)CCC(=O)C1(C)C. The first kappa shape index (κ1) is 23.3. The Balaban J connectivity index is 1.78. The van der Waals surface area contributed by atoms with Gasteiger partial charge < -0.3 is 9.84 Å². The van der Waals surface area contributed by atoms with Crippen molar-refractivity contribution in [3.8, 4) is 0 Å². The standard InChI is InChI=1S/C25H36O4/c1-17(9-12-21-19(3)11-14-23(27)25(21,4)5)7-6-8-18(2)10-13-22(26)20-15-24(28)29-16-20/h7,10,15,22,26H,6,8-9,11-14,16H2,1-5H3/t22-/m1/s1. The Labute approximate surface area is 175 Å². The number of aliphatic hydroxyl groups excluding tert-OH is 1. The van der Waals surface area contributed by atoms with Gasteiger partial charge in [0.25, 0.3) is 0 Å². The quantitative estimate of drug-likeness (QED) is 0.417. The number of hydrogen-bond donors (Lipinski definition) is 1. The van der Waals surface area contributed by atoms with Crippen LogP contribution in [0.3, 0.4) is 0 Å². The molecule has 0 fully saturated rings. The van der Waals surface area contributed by atoms with Crippen LogP contribution < -0.4 is 0 Å². The van der Waals surface area contributed by atoms with E-state index in [1.165, 1.54) is 28.4 Å². The molecular weight excluding hydrogens is 364 g/mol. The van der Waals surface area contributed by atoms with Crippen LogP contribution in [0, 0.1) is 5.41 Å². The zero-order valence-corrected chi connectivity index (χ0v) is 18.6. The Bertz CT molecular complexity index is 762. The summed E-state index contributed by atoms with van der Waals surface area (Å²) in [7, 11) is 0. The maximum absolute atomic E-state index is 12.3. The van der Waals surface area contributed by atoms with E-state index in [0.717, 1.165) is 32.1 Å². The Hall–Kier alpha value is -1.94. The summed E-state index contributed by atoms with van der Waals surface area (Å²) in [4.78, 5) is 23.3. The van der Waals surface area contributed by atoms with Gasteiger partial charge in [0.05, 0.1) is 6.10 Å². The van der Waals surface area contributed by atoms with Gasteiger partial charge in [-0.1, -0.05) is 34.4 Å². The first-order valence-electron chi connectivity index (χ1n) is 10.7. The van der Waals surface area contributed by atoms with Gasteiger partial charge >= 0.3 is 5.97 Å². The number of carbonyl (C=O) groups excluding carboxylic acids is 2. The molecule has 1 aliphatic heterocycles. The van der Waals surface area contributed by atoms with E-state index in [0.29, 0.717) is 24.2 Å². The third-order valence-corrected chi connectivity index (χ3v) is 6.30. The van der Waals surface area contributed by atoms with Gasteiger partial charge in [-0.25, -0.2) is 4.79 Å². The number of ether oxygens (including phenoxy) is 1. The molecule has 0 amide bonds. The van der Waals surface area contributed by atoms with Crippen molar-refractivity contribution < 1.29 is 19.4 Å². The predicted molar refractivity (Wildman–Crippen MR) is 116 cm³/mol. The molecule has 0 radical (unpaired) electrons. The molecule has 4 heteroatoms.